The summed E-state index contributed by atoms with van der Waals surface area (Å²) in [4.78, 5) is 11.2. The molecule has 1 saturated carbocycles. The van der Waals surface area contributed by atoms with E-state index in [1.165, 1.54) is 25.7 Å². The molecule has 1 fully saturated rings. The van der Waals surface area contributed by atoms with E-state index in [1.54, 1.807) is 13.1 Å². The monoisotopic (exact) mass is 167 g/mol. The molecule has 1 atom stereocenters. The molecular weight excluding hydrogens is 150 g/mol. The van der Waals surface area contributed by atoms with Gasteiger partial charge in [0.05, 0.1) is 6.04 Å². The summed E-state index contributed by atoms with van der Waals surface area (Å²) in [5.41, 5.74) is 0. The second-order valence-electron chi connectivity index (χ2n) is 3.50. The van der Waals surface area contributed by atoms with Gasteiger partial charge in [0.15, 0.2) is 5.78 Å². The van der Waals surface area contributed by atoms with Gasteiger partial charge in [-0.2, -0.15) is 0 Å². The average molecular weight is 167 g/mol. The first-order valence-corrected chi connectivity index (χ1v) is 4.63. The Kier molecular flexibility index (Phi) is 3.32. The molecule has 0 aromatic rings. The zero-order chi connectivity index (χ0) is 8.97. The zero-order valence-corrected chi connectivity index (χ0v) is 7.68. The number of carbonyl (C=O) groups is 1. The SMILES string of the molecule is C=CNC(C(C)=O)C1CCCC1. The predicted octanol–water partition coefficient (Wildman–Crippen LogP) is 1.87. The van der Waals surface area contributed by atoms with E-state index in [4.69, 9.17) is 0 Å². The molecular formula is C10H17NO. The Morgan fingerprint density at radius 1 is 1.58 bits per heavy atom. The number of carbonyl (C=O) groups excluding carboxylic acids is 1. The van der Waals surface area contributed by atoms with Crippen molar-refractivity contribution in [1.29, 1.82) is 0 Å². The lowest BCUT2D eigenvalue weighted by Gasteiger charge is -2.20. The van der Waals surface area contributed by atoms with Crippen LogP contribution >= 0.6 is 0 Å². The number of rotatable bonds is 4. The third-order valence-electron chi connectivity index (χ3n) is 2.61. The van der Waals surface area contributed by atoms with Crippen LogP contribution in [0.5, 0.6) is 0 Å². The summed E-state index contributed by atoms with van der Waals surface area (Å²) in [6.45, 7) is 5.24. The van der Waals surface area contributed by atoms with Gasteiger partial charge >= 0.3 is 0 Å². The highest BCUT2D eigenvalue weighted by Crippen LogP contribution is 2.27. The third-order valence-corrected chi connectivity index (χ3v) is 2.61. The number of ketones is 1. The minimum atomic E-state index is 0.0185. The second-order valence-corrected chi connectivity index (χ2v) is 3.50. The summed E-state index contributed by atoms with van der Waals surface area (Å²) in [6, 6.07) is 0.0185. The van der Waals surface area contributed by atoms with Crippen LogP contribution in [0.3, 0.4) is 0 Å². The topological polar surface area (TPSA) is 29.1 Å². The molecule has 1 N–H and O–H groups in total. The minimum Gasteiger partial charge on any atom is -0.381 e. The van der Waals surface area contributed by atoms with E-state index in [0.717, 1.165) is 0 Å². The summed E-state index contributed by atoms with van der Waals surface area (Å²) >= 11 is 0. The standard InChI is InChI=1S/C10H17NO/c1-3-11-10(8(2)12)9-6-4-5-7-9/h3,9-11H,1,4-7H2,2H3. The molecule has 1 rings (SSSR count). The van der Waals surface area contributed by atoms with Crippen LogP contribution in [0, 0.1) is 5.92 Å². The molecule has 0 aromatic heterocycles. The van der Waals surface area contributed by atoms with Gasteiger partial charge < -0.3 is 5.32 Å². The lowest BCUT2D eigenvalue weighted by atomic mass is 9.95. The lowest BCUT2D eigenvalue weighted by Crippen LogP contribution is -2.37. The minimum absolute atomic E-state index is 0.0185. The molecule has 0 aliphatic heterocycles. The maximum Gasteiger partial charge on any atom is 0.152 e. The van der Waals surface area contributed by atoms with Crippen molar-refractivity contribution in [3.8, 4) is 0 Å². The van der Waals surface area contributed by atoms with Crippen molar-refractivity contribution in [1.82, 2.24) is 5.32 Å². The molecule has 0 radical (unpaired) electrons. The van der Waals surface area contributed by atoms with Crippen LogP contribution in [0.1, 0.15) is 32.6 Å². The third kappa shape index (κ3) is 2.10. The Bertz CT molecular complexity index is 171. The Labute approximate surface area is 74.0 Å². The highest BCUT2D eigenvalue weighted by molar-refractivity contribution is 5.81. The molecule has 0 amide bonds. The Balaban J connectivity index is 2.51. The van der Waals surface area contributed by atoms with Crippen LogP contribution < -0.4 is 5.32 Å². The Morgan fingerprint density at radius 3 is 2.58 bits per heavy atom. The maximum absolute atomic E-state index is 11.2. The molecule has 0 heterocycles. The van der Waals surface area contributed by atoms with Crippen molar-refractivity contribution in [3.05, 3.63) is 12.8 Å². The fourth-order valence-electron chi connectivity index (χ4n) is 2.00. The summed E-state index contributed by atoms with van der Waals surface area (Å²) in [6.07, 6.45) is 6.54. The van der Waals surface area contributed by atoms with E-state index >= 15 is 0 Å². The van der Waals surface area contributed by atoms with Crippen LogP contribution in [0.4, 0.5) is 0 Å². The molecule has 68 valence electrons. The quantitative estimate of drug-likeness (QED) is 0.692. The normalized spacial score (nSPS) is 20.4. The fraction of sp³-hybridized carbons (Fsp3) is 0.700. The van der Waals surface area contributed by atoms with Gasteiger partial charge in [0.2, 0.25) is 0 Å². The van der Waals surface area contributed by atoms with Gasteiger partial charge in [-0.25, -0.2) is 0 Å². The van der Waals surface area contributed by atoms with Gasteiger partial charge in [0, 0.05) is 0 Å². The predicted molar refractivity (Wildman–Crippen MR) is 49.8 cm³/mol. The van der Waals surface area contributed by atoms with Crippen molar-refractivity contribution in [2.24, 2.45) is 5.92 Å². The maximum atomic E-state index is 11.2. The largest absolute Gasteiger partial charge is 0.381 e. The van der Waals surface area contributed by atoms with E-state index < -0.39 is 0 Å². The fourth-order valence-corrected chi connectivity index (χ4v) is 2.00. The first-order chi connectivity index (χ1) is 5.75. The molecule has 1 unspecified atom stereocenters. The van der Waals surface area contributed by atoms with Gasteiger partial charge in [-0.3, -0.25) is 4.79 Å². The molecule has 0 spiro atoms. The molecule has 2 heteroatoms. The Hall–Kier alpha value is -0.790. The lowest BCUT2D eigenvalue weighted by molar-refractivity contribution is -0.119. The number of hydrogen-bond acceptors (Lipinski definition) is 2. The van der Waals surface area contributed by atoms with Crippen molar-refractivity contribution in [2.45, 2.75) is 38.6 Å². The van der Waals surface area contributed by atoms with Crippen molar-refractivity contribution in [3.63, 3.8) is 0 Å². The summed E-state index contributed by atoms with van der Waals surface area (Å²) < 4.78 is 0. The first kappa shape index (κ1) is 9.30. The van der Waals surface area contributed by atoms with Gasteiger partial charge in [-0.15, -0.1) is 0 Å². The Morgan fingerprint density at radius 2 is 2.17 bits per heavy atom. The van der Waals surface area contributed by atoms with Gasteiger partial charge in [0.1, 0.15) is 0 Å². The van der Waals surface area contributed by atoms with Crippen LogP contribution in [0.15, 0.2) is 12.8 Å². The smallest absolute Gasteiger partial charge is 0.152 e. The van der Waals surface area contributed by atoms with Gasteiger partial charge in [-0.05, 0) is 31.9 Å². The average Bonchev–Trinajstić information content (AvgIpc) is 2.51. The van der Waals surface area contributed by atoms with E-state index in [0.29, 0.717) is 5.92 Å². The molecule has 1 aliphatic rings. The van der Waals surface area contributed by atoms with Gasteiger partial charge in [-0.1, -0.05) is 19.4 Å². The highest BCUT2D eigenvalue weighted by Gasteiger charge is 2.26. The van der Waals surface area contributed by atoms with Crippen LogP contribution in [0.25, 0.3) is 0 Å². The van der Waals surface area contributed by atoms with E-state index in [-0.39, 0.29) is 11.8 Å². The molecule has 12 heavy (non-hydrogen) atoms. The molecule has 0 saturated heterocycles. The highest BCUT2D eigenvalue weighted by atomic mass is 16.1. The summed E-state index contributed by atoms with van der Waals surface area (Å²) in [5, 5.41) is 3.04. The molecule has 1 aliphatic carbocycles. The van der Waals surface area contributed by atoms with E-state index in [1.807, 2.05) is 0 Å². The molecule has 0 bridgehead atoms. The van der Waals surface area contributed by atoms with Crippen LogP contribution in [0.2, 0.25) is 0 Å². The summed E-state index contributed by atoms with van der Waals surface area (Å²) in [5.74, 6) is 0.780. The number of Topliss-reactive ketones (excluding diaryl/α,β-unsaturated/α-hetero) is 1. The second kappa shape index (κ2) is 4.29. The van der Waals surface area contributed by atoms with Crippen molar-refractivity contribution < 1.29 is 4.79 Å². The van der Waals surface area contributed by atoms with Crippen molar-refractivity contribution >= 4 is 5.78 Å². The van der Waals surface area contributed by atoms with Crippen LogP contribution in [-0.4, -0.2) is 11.8 Å². The molecule has 2 nitrogen and oxygen atoms in total. The number of hydrogen-bond donors (Lipinski definition) is 1. The molecule has 0 aromatic carbocycles. The van der Waals surface area contributed by atoms with E-state index in [9.17, 15) is 4.79 Å². The summed E-state index contributed by atoms with van der Waals surface area (Å²) in [7, 11) is 0. The van der Waals surface area contributed by atoms with E-state index in [2.05, 4.69) is 11.9 Å². The first-order valence-electron chi connectivity index (χ1n) is 4.63. The van der Waals surface area contributed by atoms with Crippen molar-refractivity contribution in [2.75, 3.05) is 0 Å². The number of nitrogens with one attached hydrogen (secondary N) is 1. The van der Waals surface area contributed by atoms with Gasteiger partial charge in [0.25, 0.3) is 0 Å². The van der Waals surface area contributed by atoms with Crippen LogP contribution in [-0.2, 0) is 4.79 Å². The zero-order valence-electron chi connectivity index (χ0n) is 7.68.